The number of anilines is 1. The van der Waals surface area contributed by atoms with Crippen molar-refractivity contribution < 1.29 is 27.9 Å². The van der Waals surface area contributed by atoms with Gasteiger partial charge in [-0.05, 0) is 12.1 Å². The van der Waals surface area contributed by atoms with Crippen molar-refractivity contribution in [2.75, 3.05) is 18.0 Å². The van der Waals surface area contributed by atoms with Gasteiger partial charge in [0.1, 0.15) is 17.2 Å². The van der Waals surface area contributed by atoms with Crippen LogP contribution >= 0.6 is 0 Å². The predicted molar refractivity (Wildman–Crippen MR) is 115 cm³/mol. The number of carbonyl (C=O) groups excluding carboxylic acids is 2. The number of fused-ring (bicyclic) bond motifs is 1. The van der Waals surface area contributed by atoms with Crippen LogP contribution in [0.5, 0.6) is 0 Å². The van der Waals surface area contributed by atoms with E-state index in [0.29, 0.717) is 6.07 Å². The van der Waals surface area contributed by atoms with Crippen LogP contribution in [0.15, 0.2) is 47.8 Å². The van der Waals surface area contributed by atoms with Crippen LogP contribution in [-0.2, 0) is 4.79 Å². The predicted octanol–water partition coefficient (Wildman–Crippen LogP) is 1.76. The molecule has 0 aliphatic carbocycles. The molecule has 0 radical (unpaired) electrons. The van der Waals surface area contributed by atoms with Crippen LogP contribution < -0.4 is 15.6 Å². The maximum Gasteiger partial charge on any atom is 0.256 e. The molecular weight excluding hydrogens is 455 g/mol. The molecule has 2 N–H and O–H groups in total. The molecular formula is C22H18F3N5O4. The minimum absolute atomic E-state index is 0.0227. The number of hydrogen-bond donors (Lipinski definition) is 2. The van der Waals surface area contributed by atoms with Gasteiger partial charge in [-0.3, -0.25) is 23.9 Å². The number of aliphatic hydroxyl groups is 1. The maximum atomic E-state index is 14.6. The number of hydrogen-bond acceptors (Lipinski definition) is 6. The third-order valence-corrected chi connectivity index (χ3v) is 5.16. The average Bonchev–Trinajstić information content (AvgIpc) is 3.12. The highest BCUT2D eigenvalue weighted by Crippen LogP contribution is 2.24. The van der Waals surface area contributed by atoms with E-state index >= 15 is 0 Å². The SMILES string of the molecule is C=C(F)CCNC(=O)c1cn(-c2ncc(F)cc2F)c2nc(N3C[C@@H](O)CC3=O)ccc2c1=O. The summed E-state index contributed by atoms with van der Waals surface area (Å²) in [7, 11) is 0. The number of pyridine rings is 3. The van der Waals surface area contributed by atoms with Crippen molar-refractivity contribution in [1.82, 2.24) is 19.9 Å². The van der Waals surface area contributed by atoms with Crippen LogP contribution in [0.25, 0.3) is 16.9 Å². The number of rotatable bonds is 6. The molecule has 1 aliphatic heterocycles. The van der Waals surface area contributed by atoms with Gasteiger partial charge in [0.25, 0.3) is 5.91 Å². The summed E-state index contributed by atoms with van der Waals surface area (Å²) in [6.07, 6.45) is 0.576. The summed E-state index contributed by atoms with van der Waals surface area (Å²) in [5, 5.41) is 12.0. The van der Waals surface area contributed by atoms with Gasteiger partial charge in [0.2, 0.25) is 11.3 Å². The van der Waals surface area contributed by atoms with Crippen LogP contribution in [0.1, 0.15) is 23.2 Å². The Labute approximate surface area is 190 Å². The summed E-state index contributed by atoms with van der Waals surface area (Å²) in [5.74, 6) is -4.31. The molecule has 176 valence electrons. The summed E-state index contributed by atoms with van der Waals surface area (Å²) in [5.41, 5.74) is -1.31. The molecule has 4 heterocycles. The first-order valence-electron chi connectivity index (χ1n) is 10.1. The molecule has 0 unspecified atom stereocenters. The summed E-state index contributed by atoms with van der Waals surface area (Å²) in [6.45, 7) is 2.93. The van der Waals surface area contributed by atoms with Crippen LogP contribution in [0.2, 0.25) is 0 Å². The van der Waals surface area contributed by atoms with E-state index in [4.69, 9.17) is 0 Å². The molecule has 0 spiro atoms. The normalized spacial score (nSPS) is 15.7. The molecule has 1 aliphatic rings. The van der Waals surface area contributed by atoms with Crippen molar-refractivity contribution in [3.63, 3.8) is 0 Å². The molecule has 3 aromatic heterocycles. The van der Waals surface area contributed by atoms with E-state index in [-0.39, 0.29) is 42.8 Å². The molecule has 4 rings (SSSR count). The second-order valence-electron chi connectivity index (χ2n) is 7.63. The van der Waals surface area contributed by atoms with Crippen LogP contribution in [0.3, 0.4) is 0 Å². The van der Waals surface area contributed by atoms with Gasteiger partial charge in [-0.25, -0.2) is 23.1 Å². The molecule has 0 aromatic carbocycles. The molecule has 1 atom stereocenters. The second kappa shape index (κ2) is 9.06. The molecule has 9 nitrogen and oxygen atoms in total. The number of carbonyl (C=O) groups is 2. The van der Waals surface area contributed by atoms with Crippen molar-refractivity contribution in [2.45, 2.75) is 18.9 Å². The number of nitrogens with one attached hydrogen (secondary N) is 1. The van der Waals surface area contributed by atoms with Crippen molar-refractivity contribution in [3.8, 4) is 5.82 Å². The summed E-state index contributed by atoms with van der Waals surface area (Å²) in [6, 6.07) is 3.23. The fourth-order valence-electron chi connectivity index (χ4n) is 3.57. The summed E-state index contributed by atoms with van der Waals surface area (Å²) >= 11 is 0. The lowest BCUT2D eigenvalue weighted by Crippen LogP contribution is -2.31. The van der Waals surface area contributed by atoms with Crippen LogP contribution in [0, 0.1) is 11.6 Å². The Morgan fingerprint density at radius 2 is 2.06 bits per heavy atom. The zero-order valence-corrected chi connectivity index (χ0v) is 17.6. The highest BCUT2D eigenvalue weighted by atomic mass is 19.1. The Bertz CT molecular complexity index is 1390. The lowest BCUT2D eigenvalue weighted by molar-refractivity contribution is -0.117. The Morgan fingerprint density at radius 3 is 2.71 bits per heavy atom. The highest BCUT2D eigenvalue weighted by molar-refractivity contribution is 5.98. The second-order valence-corrected chi connectivity index (χ2v) is 7.63. The topological polar surface area (TPSA) is 117 Å². The number of aliphatic hydroxyl groups excluding tert-OH is 1. The Morgan fingerprint density at radius 1 is 1.29 bits per heavy atom. The summed E-state index contributed by atoms with van der Waals surface area (Å²) in [4.78, 5) is 47.1. The number of β-amino-alcohol motifs (C(OH)–C–C–N with tert-alkyl or cyclic N) is 1. The molecule has 12 heteroatoms. The van der Waals surface area contributed by atoms with Gasteiger partial charge in [-0.2, -0.15) is 0 Å². The molecule has 0 bridgehead atoms. The number of halogens is 3. The van der Waals surface area contributed by atoms with Gasteiger partial charge in [0.15, 0.2) is 17.3 Å². The molecule has 1 saturated heterocycles. The molecule has 1 fully saturated rings. The largest absolute Gasteiger partial charge is 0.391 e. The van der Waals surface area contributed by atoms with Gasteiger partial charge in [0.05, 0.1) is 36.5 Å². The van der Waals surface area contributed by atoms with Gasteiger partial charge < -0.3 is 10.4 Å². The van der Waals surface area contributed by atoms with Crippen molar-refractivity contribution in [2.24, 2.45) is 0 Å². The van der Waals surface area contributed by atoms with Crippen molar-refractivity contribution in [3.05, 3.63) is 70.4 Å². The van der Waals surface area contributed by atoms with Gasteiger partial charge in [-0.15, -0.1) is 0 Å². The standard InChI is InChI=1S/C22H18F3N5O4/c1-11(23)4-5-26-22(34)15-10-30(21-16(25)6-12(24)8-27-21)20-14(19(15)33)2-3-17(28-20)29-9-13(31)7-18(29)32/h2-3,6,8,10,13,31H,1,4-5,7,9H2,(H,26,34)/t13-/m0/s1. The molecule has 0 saturated carbocycles. The van der Waals surface area contributed by atoms with E-state index in [1.807, 2.05) is 0 Å². The third kappa shape index (κ3) is 4.39. The Balaban J connectivity index is 1.89. The van der Waals surface area contributed by atoms with Gasteiger partial charge in [0, 0.05) is 25.2 Å². The lowest BCUT2D eigenvalue weighted by Gasteiger charge is -2.17. The van der Waals surface area contributed by atoms with E-state index in [9.17, 15) is 32.7 Å². The fourth-order valence-corrected chi connectivity index (χ4v) is 3.57. The van der Waals surface area contributed by atoms with E-state index < -0.39 is 52.2 Å². The first-order valence-corrected chi connectivity index (χ1v) is 10.1. The van der Waals surface area contributed by atoms with E-state index in [0.717, 1.165) is 17.0 Å². The van der Waals surface area contributed by atoms with E-state index in [1.165, 1.54) is 17.0 Å². The first-order chi connectivity index (χ1) is 16.2. The monoisotopic (exact) mass is 473 g/mol. The molecule has 3 aromatic rings. The van der Waals surface area contributed by atoms with Crippen LogP contribution in [0.4, 0.5) is 19.0 Å². The van der Waals surface area contributed by atoms with Crippen molar-refractivity contribution in [1.29, 1.82) is 0 Å². The minimum atomic E-state index is -1.09. The zero-order chi connectivity index (χ0) is 24.6. The Kier molecular flexibility index (Phi) is 6.16. The van der Waals surface area contributed by atoms with E-state index in [1.54, 1.807) is 0 Å². The van der Waals surface area contributed by atoms with E-state index in [2.05, 4.69) is 21.9 Å². The number of nitrogens with zero attached hydrogens (tertiary/aromatic N) is 4. The minimum Gasteiger partial charge on any atom is -0.391 e. The fraction of sp³-hybridized carbons (Fsp3) is 0.227. The Hall–Kier alpha value is -4.06. The zero-order valence-electron chi connectivity index (χ0n) is 17.6. The quantitative estimate of drug-likeness (QED) is 0.564. The van der Waals surface area contributed by atoms with Crippen molar-refractivity contribution >= 4 is 28.7 Å². The number of amides is 2. The van der Waals surface area contributed by atoms with Gasteiger partial charge in [-0.1, -0.05) is 6.58 Å². The van der Waals surface area contributed by atoms with Gasteiger partial charge >= 0.3 is 0 Å². The third-order valence-electron chi connectivity index (χ3n) is 5.16. The highest BCUT2D eigenvalue weighted by Gasteiger charge is 2.30. The van der Waals surface area contributed by atoms with Crippen LogP contribution in [-0.4, -0.2) is 50.6 Å². The molecule has 2 amide bonds. The number of aromatic nitrogens is 3. The first kappa shape index (κ1) is 23.1. The average molecular weight is 473 g/mol. The smallest absolute Gasteiger partial charge is 0.256 e. The molecule has 34 heavy (non-hydrogen) atoms. The maximum absolute atomic E-state index is 14.6. The summed E-state index contributed by atoms with van der Waals surface area (Å²) < 4.78 is 42.0. The lowest BCUT2D eigenvalue weighted by atomic mass is 10.1.